The average molecular weight is 294 g/mol. The summed E-state index contributed by atoms with van der Waals surface area (Å²) < 4.78 is 31.9. The Labute approximate surface area is 123 Å². The maximum Gasteiger partial charge on any atom is 0.200 e. The number of benzene rings is 1. The molecule has 114 valence electrons. The Morgan fingerprint density at radius 1 is 1.48 bits per heavy atom. The summed E-state index contributed by atoms with van der Waals surface area (Å²) in [5.41, 5.74) is -0.501. The first kappa shape index (κ1) is 15.7. The SMILES string of the molecule is CCNC1(C#N)CCCC1CCOc1cccc(F)c1F. The van der Waals surface area contributed by atoms with E-state index in [0.29, 0.717) is 6.42 Å². The van der Waals surface area contributed by atoms with Crippen molar-refractivity contribution in [3.05, 3.63) is 29.8 Å². The number of hydrogen-bond donors (Lipinski definition) is 1. The minimum atomic E-state index is -0.956. The van der Waals surface area contributed by atoms with E-state index < -0.39 is 17.2 Å². The Morgan fingerprint density at radius 3 is 3.00 bits per heavy atom. The molecule has 0 aromatic heterocycles. The minimum absolute atomic E-state index is 0.0704. The molecule has 2 rings (SSSR count). The van der Waals surface area contributed by atoms with Crippen LogP contribution in [0.5, 0.6) is 5.75 Å². The average Bonchev–Trinajstić information content (AvgIpc) is 2.87. The van der Waals surface area contributed by atoms with Gasteiger partial charge in [0.05, 0.1) is 12.7 Å². The van der Waals surface area contributed by atoms with Gasteiger partial charge in [-0.05, 0) is 43.9 Å². The van der Waals surface area contributed by atoms with Crippen LogP contribution in [0.25, 0.3) is 0 Å². The molecular formula is C16H20F2N2O. The van der Waals surface area contributed by atoms with Crippen molar-refractivity contribution in [3.63, 3.8) is 0 Å². The Balaban J connectivity index is 1.94. The molecule has 2 unspecified atom stereocenters. The summed E-state index contributed by atoms with van der Waals surface area (Å²) in [5.74, 6) is -1.76. The molecule has 1 aliphatic carbocycles. The van der Waals surface area contributed by atoms with Crippen LogP contribution in [0.1, 0.15) is 32.6 Å². The van der Waals surface area contributed by atoms with Gasteiger partial charge in [0, 0.05) is 0 Å². The van der Waals surface area contributed by atoms with Crippen molar-refractivity contribution in [2.24, 2.45) is 5.92 Å². The summed E-state index contributed by atoms with van der Waals surface area (Å²) >= 11 is 0. The van der Waals surface area contributed by atoms with Crippen LogP contribution < -0.4 is 10.1 Å². The van der Waals surface area contributed by atoms with Gasteiger partial charge in [-0.15, -0.1) is 0 Å². The Morgan fingerprint density at radius 2 is 2.29 bits per heavy atom. The van der Waals surface area contributed by atoms with Crippen LogP contribution in [-0.4, -0.2) is 18.7 Å². The third kappa shape index (κ3) is 3.33. The number of rotatable bonds is 6. The van der Waals surface area contributed by atoms with Gasteiger partial charge < -0.3 is 4.74 Å². The molecule has 5 heteroatoms. The molecule has 0 bridgehead atoms. The molecule has 1 aliphatic rings. The van der Waals surface area contributed by atoms with E-state index in [-0.39, 0.29) is 18.3 Å². The van der Waals surface area contributed by atoms with E-state index in [9.17, 15) is 14.0 Å². The van der Waals surface area contributed by atoms with E-state index in [0.717, 1.165) is 31.9 Å². The molecule has 1 aromatic carbocycles. The second kappa shape index (κ2) is 6.86. The van der Waals surface area contributed by atoms with Gasteiger partial charge in [0.25, 0.3) is 0 Å². The van der Waals surface area contributed by atoms with E-state index in [1.807, 2.05) is 6.92 Å². The Bertz CT molecular complexity index is 529. The summed E-state index contributed by atoms with van der Waals surface area (Å²) in [6.45, 7) is 3.00. The fourth-order valence-electron chi connectivity index (χ4n) is 3.11. The molecule has 1 aromatic rings. The monoisotopic (exact) mass is 294 g/mol. The smallest absolute Gasteiger partial charge is 0.200 e. The summed E-state index contributed by atoms with van der Waals surface area (Å²) in [6.07, 6.45) is 3.43. The highest BCUT2D eigenvalue weighted by molar-refractivity contribution is 5.25. The lowest BCUT2D eigenvalue weighted by Gasteiger charge is -2.29. The molecule has 1 fully saturated rings. The highest BCUT2D eigenvalue weighted by Gasteiger charge is 2.42. The van der Waals surface area contributed by atoms with Gasteiger partial charge in [0.2, 0.25) is 5.82 Å². The van der Waals surface area contributed by atoms with Crippen LogP contribution in [0.3, 0.4) is 0 Å². The fourth-order valence-corrected chi connectivity index (χ4v) is 3.11. The van der Waals surface area contributed by atoms with Crippen LogP contribution in [0.15, 0.2) is 18.2 Å². The molecule has 2 atom stereocenters. The topological polar surface area (TPSA) is 45.0 Å². The number of hydrogen-bond acceptors (Lipinski definition) is 3. The number of nitrogens with one attached hydrogen (secondary N) is 1. The molecular weight excluding hydrogens is 274 g/mol. The molecule has 21 heavy (non-hydrogen) atoms. The van der Waals surface area contributed by atoms with Crippen molar-refractivity contribution in [1.82, 2.24) is 5.32 Å². The summed E-state index contributed by atoms with van der Waals surface area (Å²) in [5, 5.41) is 12.7. The Hall–Kier alpha value is -1.67. The number of nitrogens with zero attached hydrogens (tertiary/aromatic N) is 1. The molecule has 0 spiro atoms. The third-order valence-electron chi connectivity index (χ3n) is 4.15. The van der Waals surface area contributed by atoms with E-state index in [2.05, 4.69) is 11.4 Å². The van der Waals surface area contributed by atoms with Gasteiger partial charge in [-0.25, -0.2) is 4.39 Å². The standard InChI is InChI=1S/C16H20F2N2O/c1-2-20-16(11-19)9-4-5-12(16)8-10-21-14-7-3-6-13(17)15(14)18/h3,6-7,12,20H,2,4-5,8-10H2,1H3. The summed E-state index contributed by atoms with van der Waals surface area (Å²) in [7, 11) is 0. The molecule has 0 aliphatic heterocycles. The highest BCUT2D eigenvalue weighted by Crippen LogP contribution is 2.37. The lowest BCUT2D eigenvalue weighted by atomic mass is 9.86. The predicted octanol–water partition coefficient (Wildman–Crippen LogP) is 3.41. The lowest BCUT2D eigenvalue weighted by Crippen LogP contribution is -2.47. The summed E-state index contributed by atoms with van der Waals surface area (Å²) in [4.78, 5) is 0. The van der Waals surface area contributed by atoms with E-state index in [4.69, 9.17) is 4.74 Å². The maximum atomic E-state index is 13.5. The molecule has 1 saturated carbocycles. The third-order valence-corrected chi connectivity index (χ3v) is 4.15. The second-order valence-corrected chi connectivity index (χ2v) is 5.39. The van der Waals surface area contributed by atoms with Crippen molar-refractivity contribution in [1.29, 1.82) is 5.26 Å². The Kier molecular flexibility index (Phi) is 5.13. The fraction of sp³-hybridized carbons (Fsp3) is 0.562. The van der Waals surface area contributed by atoms with Gasteiger partial charge in [-0.1, -0.05) is 19.4 Å². The van der Waals surface area contributed by atoms with Crippen LogP contribution in [-0.2, 0) is 0 Å². The van der Waals surface area contributed by atoms with Gasteiger partial charge in [0.1, 0.15) is 5.54 Å². The first-order valence-electron chi connectivity index (χ1n) is 7.36. The summed E-state index contributed by atoms with van der Waals surface area (Å²) in [6, 6.07) is 6.29. The highest BCUT2D eigenvalue weighted by atomic mass is 19.2. The van der Waals surface area contributed by atoms with Crippen molar-refractivity contribution >= 4 is 0 Å². The van der Waals surface area contributed by atoms with Gasteiger partial charge in [-0.2, -0.15) is 9.65 Å². The zero-order chi connectivity index (χ0) is 15.3. The molecule has 3 nitrogen and oxygen atoms in total. The van der Waals surface area contributed by atoms with Crippen molar-refractivity contribution in [3.8, 4) is 11.8 Å². The van der Waals surface area contributed by atoms with Gasteiger partial charge in [-0.3, -0.25) is 5.32 Å². The largest absolute Gasteiger partial charge is 0.490 e. The molecule has 1 N–H and O–H groups in total. The minimum Gasteiger partial charge on any atom is -0.490 e. The van der Waals surface area contributed by atoms with Crippen molar-refractivity contribution in [2.45, 2.75) is 38.1 Å². The maximum absolute atomic E-state index is 13.5. The van der Waals surface area contributed by atoms with Crippen LogP contribution in [0.2, 0.25) is 0 Å². The van der Waals surface area contributed by atoms with Crippen LogP contribution in [0.4, 0.5) is 8.78 Å². The molecule has 0 amide bonds. The predicted molar refractivity (Wildman–Crippen MR) is 75.8 cm³/mol. The van der Waals surface area contributed by atoms with Gasteiger partial charge >= 0.3 is 0 Å². The normalized spacial score (nSPS) is 24.8. The first-order valence-corrected chi connectivity index (χ1v) is 7.36. The molecule has 0 radical (unpaired) electrons. The molecule has 0 saturated heterocycles. The number of nitriles is 1. The molecule has 0 heterocycles. The van der Waals surface area contributed by atoms with Crippen LogP contribution in [0, 0.1) is 28.9 Å². The van der Waals surface area contributed by atoms with Crippen LogP contribution >= 0.6 is 0 Å². The number of halogens is 2. The first-order chi connectivity index (χ1) is 10.1. The van der Waals surface area contributed by atoms with Crippen molar-refractivity contribution in [2.75, 3.05) is 13.2 Å². The quantitative estimate of drug-likeness (QED) is 0.874. The second-order valence-electron chi connectivity index (χ2n) is 5.39. The van der Waals surface area contributed by atoms with E-state index in [1.165, 1.54) is 12.1 Å². The zero-order valence-corrected chi connectivity index (χ0v) is 12.2. The zero-order valence-electron chi connectivity index (χ0n) is 12.2. The van der Waals surface area contributed by atoms with E-state index >= 15 is 0 Å². The lowest BCUT2D eigenvalue weighted by molar-refractivity contribution is 0.227. The van der Waals surface area contributed by atoms with Gasteiger partial charge in [0.15, 0.2) is 11.6 Å². The van der Waals surface area contributed by atoms with E-state index in [1.54, 1.807) is 0 Å². The number of ether oxygens (including phenoxy) is 1. The van der Waals surface area contributed by atoms with Crippen molar-refractivity contribution < 1.29 is 13.5 Å².